The first-order chi connectivity index (χ1) is 8.69. The second kappa shape index (κ2) is 4.65. The molecule has 1 saturated heterocycles. The summed E-state index contributed by atoms with van der Waals surface area (Å²) in [7, 11) is 0. The quantitative estimate of drug-likeness (QED) is 0.791. The minimum absolute atomic E-state index is 0.329. The van der Waals surface area contributed by atoms with Crippen molar-refractivity contribution in [3.63, 3.8) is 0 Å². The van der Waals surface area contributed by atoms with Gasteiger partial charge in [0.25, 0.3) is 5.91 Å². The highest BCUT2D eigenvalue weighted by Gasteiger charge is 2.60. The zero-order chi connectivity index (χ0) is 14.5. The van der Waals surface area contributed by atoms with Crippen LogP contribution in [0.25, 0.3) is 0 Å². The van der Waals surface area contributed by atoms with Crippen molar-refractivity contribution in [2.75, 3.05) is 6.61 Å². The van der Waals surface area contributed by atoms with Crippen LogP contribution in [0.2, 0.25) is 0 Å². The summed E-state index contributed by atoms with van der Waals surface area (Å²) in [4.78, 5) is 24.2. The average molecular weight is 308 g/mol. The van der Waals surface area contributed by atoms with E-state index in [1.54, 1.807) is 20.8 Å². The fourth-order valence-electron chi connectivity index (χ4n) is 2.31. The molecule has 2 aliphatic rings. The monoisotopic (exact) mass is 307 g/mol. The molecular weight excluding hydrogens is 293 g/mol. The van der Waals surface area contributed by atoms with Crippen LogP contribution in [0.15, 0.2) is 11.1 Å². The van der Waals surface area contributed by atoms with Crippen molar-refractivity contribution in [1.29, 1.82) is 0 Å². The molecule has 5 nitrogen and oxygen atoms in total. The van der Waals surface area contributed by atoms with Crippen LogP contribution in [0.4, 0.5) is 4.79 Å². The number of hydrogen-bond acceptors (Lipinski definition) is 4. The molecule has 1 aliphatic carbocycles. The van der Waals surface area contributed by atoms with Crippen molar-refractivity contribution in [2.45, 2.75) is 37.3 Å². The summed E-state index contributed by atoms with van der Waals surface area (Å²) in [5.74, 6) is -0.801. The number of halogens is 2. The van der Waals surface area contributed by atoms with Gasteiger partial charge in [-0.05, 0) is 26.3 Å². The Morgan fingerprint density at radius 1 is 1.47 bits per heavy atom. The first-order valence-electron chi connectivity index (χ1n) is 5.88. The molecule has 0 aromatic rings. The number of nitrogens with zero attached hydrogens (tertiary/aromatic N) is 1. The van der Waals surface area contributed by atoms with E-state index in [1.807, 2.05) is 0 Å². The van der Waals surface area contributed by atoms with E-state index in [4.69, 9.17) is 27.9 Å². The van der Waals surface area contributed by atoms with Gasteiger partial charge in [-0.2, -0.15) is 0 Å². The second-order valence-corrected chi connectivity index (χ2v) is 6.65. The number of aliphatic hydroxyl groups is 1. The van der Waals surface area contributed by atoms with Gasteiger partial charge in [0.2, 0.25) is 0 Å². The van der Waals surface area contributed by atoms with Crippen LogP contribution >= 0.6 is 23.2 Å². The Morgan fingerprint density at radius 2 is 2.05 bits per heavy atom. The maximum atomic E-state index is 12.1. The highest BCUT2D eigenvalue weighted by atomic mass is 35.5. The van der Waals surface area contributed by atoms with Crippen LogP contribution < -0.4 is 0 Å². The number of likely N-dealkylation sites (tertiary alicyclic amines) is 1. The van der Waals surface area contributed by atoms with Gasteiger partial charge in [0.05, 0.1) is 12.6 Å². The minimum atomic E-state index is -0.779. The Kier molecular flexibility index (Phi) is 3.58. The molecule has 0 aromatic carbocycles. The fourth-order valence-corrected chi connectivity index (χ4v) is 2.82. The van der Waals surface area contributed by atoms with E-state index in [0.29, 0.717) is 11.1 Å². The zero-order valence-electron chi connectivity index (χ0n) is 10.8. The maximum Gasteiger partial charge on any atom is 0.417 e. The van der Waals surface area contributed by atoms with Crippen LogP contribution in [0.1, 0.15) is 20.8 Å². The van der Waals surface area contributed by atoms with Crippen molar-refractivity contribution in [3.8, 4) is 0 Å². The largest absolute Gasteiger partial charge is 0.443 e. The van der Waals surface area contributed by atoms with Gasteiger partial charge < -0.3 is 9.84 Å². The molecule has 2 atom stereocenters. The third-order valence-corrected chi connectivity index (χ3v) is 3.52. The molecule has 1 fully saturated rings. The average Bonchev–Trinajstić information content (AvgIpc) is 2.90. The molecule has 0 radical (unpaired) electrons. The summed E-state index contributed by atoms with van der Waals surface area (Å²) >= 11 is 11.5. The Hall–Kier alpha value is -0.780. The first kappa shape index (κ1) is 14.6. The van der Waals surface area contributed by atoms with Gasteiger partial charge in [0, 0.05) is 11.5 Å². The van der Waals surface area contributed by atoms with Crippen LogP contribution in [-0.2, 0) is 9.53 Å². The van der Waals surface area contributed by atoms with Crippen LogP contribution in [0, 0.1) is 5.92 Å². The van der Waals surface area contributed by atoms with Crippen LogP contribution in [0.5, 0.6) is 0 Å². The van der Waals surface area contributed by atoms with Crippen molar-refractivity contribution in [2.24, 2.45) is 5.92 Å². The normalized spacial score (nSPS) is 26.1. The van der Waals surface area contributed by atoms with Crippen molar-refractivity contribution in [3.05, 3.63) is 11.1 Å². The number of fused-ring (bicyclic) bond motifs is 1. The number of amides is 2. The van der Waals surface area contributed by atoms with Gasteiger partial charge in [0.1, 0.15) is 10.4 Å². The third kappa shape index (κ3) is 2.47. The molecule has 0 saturated carbocycles. The number of ether oxygens (including phenoxy) is 1. The number of alkyl halides is 2. The van der Waals surface area contributed by atoms with Crippen LogP contribution in [-0.4, -0.2) is 45.1 Å². The summed E-state index contributed by atoms with van der Waals surface area (Å²) in [6, 6.07) is -0.660. The lowest BCUT2D eigenvalue weighted by Crippen LogP contribution is -2.46. The molecule has 1 aliphatic heterocycles. The van der Waals surface area contributed by atoms with Crippen molar-refractivity contribution in [1.82, 2.24) is 4.90 Å². The minimum Gasteiger partial charge on any atom is -0.443 e. The summed E-state index contributed by atoms with van der Waals surface area (Å²) in [5, 5.41) is 9.38. The van der Waals surface area contributed by atoms with Crippen molar-refractivity contribution < 1.29 is 19.4 Å². The van der Waals surface area contributed by atoms with Gasteiger partial charge in [-0.1, -0.05) is 0 Å². The molecule has 106 valence electrons. The molecule has 19 heavy (non-hydrogen) atoms. The first-order valence-corrected chi connectivity index (χ1v) is 6.76. The lowest BCUT2D eigenvalue weighted by Gasteiger charge is -2.28. The van der Waals surface area contributed by atoms with E-state index in [2.05, 4.69) is 0 Å². The highest BCUT2D eigenvalue weighted by Crippen LogP contribution is 2.54. The molecule has 1 heterocycles. The zero-order valence-corrected chi connectivity index (χ0v) is 12.3. The smallest absolute Gasteiger partial charge is 0.417 e. The summed E-state index contributed by atoms with van der Waals surface area (Å²) in [6.45, 7) is 4.78. The van der Waals surface area contributed by atoms with E-state index in [0.717, 1.165) is 4.90 Å². The lowest BCUT2D eigenvalue weighted by atomic mass is 10.1. The van der Waals surface area contributed by atoms with E-state index in [9.17, 15) is 14.7 Å². The molecular formula is C12H15Cl2NO4. The highest BCUT2D eigenvalue weighted by molar-refractivity contribution is 6.47. The summed E-state index contributed by atoms with van der Waals surface area (Å²) in [5.41, 5.74) is 0.329. The molecule has 2 amide bonds. The number of imide groups is 1. The molecule has 1 N–H and O–H groups in total. The molecule has 0 spiro atoms. The molecule has 0 bridgehead atoms. The van der Waals surface area contributed by atoms with Gasteiger partial charge in [0.15, 0.2) is 0 Å². The van der Waals surface area contributed by atoms with E-state index in [-0.39, 0.29) is 12.5 Å². The topological polar surface area (TPSA) is 66.8 Å². The van der Waals surface area contributed by atoms with Gasteiger partial charge in [-0.25, -0.2) is 9.69 Å². The number of carbonyl (C=O) groups excluding carboxylic acids is 2. The lowest BCUT2D eigenvalue weighted by molar-refractivity contribution is -0.126. The molecule has 0 aromatic heterocycles. The third-order valence-electron chi connectivity index (χ3n) is 3.05. The molecule has 7 heteroatoms. The molecule has 2 unspecified atom stereocenters. The number of rotatable bonds is 2. The van der Waals surface area contributed by atoms with Gasteiger partial charge in [-0.3, -0.25) is 4.79 Å². The Labute approximate surface area is 121 Å². The van der Waals surface area contributed by atoms with Gasteiger partial charge in [-0.15, -0.1) is 23.2 Å². The van der Waals surface area contributed by atoms with Crippen molar-refractivity contribution >= 4 is 35.2 Å². The number of aliphatic hydroxyl groups excluding tert-OH is 1. The SMILES string of the molecule is CC(C)(C)OC(=O)N1C(=O)C2=C(C(Cl)Cl)C2C1CO. The van der Waals surface area contributed by atoms with E-state index < -0.39 is 28.5 Å². The predicted octanol–water partition coefficient (Wildman–Crippen LogP) is 1.85. The standard InChI is InChI=1S/C12H15Cl2NO4/c1-12(2,3)19-11(18)15-5(4-16)6-7(9(13)14)8(6)10(15)17/h5-6,9,16H,4H2,1-3H3. The number of hydrogen-bond donors (Lipinski definition) is 1. The van der Waals surface area contributed by atoms with E-state index in [1.165, 1.54) is 0 Å². The summed E-state index contributed by atoms with van der Waals surface area (Å²) < 4.78 is 5.16. The Bertz CT molecular complexity index is 467. The second-order valence-electron chi connectivity index (χ2n) is 5.55. The maximum absolute atomic E-state index is 12.1. The number of carbonyl (C=O) groups is 2. The molecule has 2 rings (SSSR count). The fraction of sp³-hybridized carbons (Fsp3) is 0.667. The Balaban J connectivity index is 2.20. The predicted molar refractivity (Wildman–Crippen MR) is 70.0 cm³/mol. The summed E-state index contributed by atoms with van der Waals surface area (Å²) in [6.07, 6.45) is -0.753. The Morgan fingerprint density at radius 3 is 2.47 bits per heavy atom. The van der Waals surface area contributed by atoms with E-state index >= 15 is 0 Å². The van der Waals surface area contributed by atoms with Gasteiger partial charge >= 0.3 is 6.09 Å². The van der Waals surface area contributed by atoms with Crippen LogP contribution in [0.3, 0.4) is 0 Å².